The van der Waals surface area contributed by atoms with Gasteiger partial charge in [-0.05, 0) is 43.3 Å². The van der Waals surface area contributed by atoms with Crippen LogP contribution in [0.3, 0.4) is 0 Å². The number of carbonyl (C=O) groups excluding carboxylic acids is 1. The molecule has 1 saturated heterocycles. The van der Waals surface area contributed by atoms with Crippen LogP contribution in [0.5, 0.6) is 0 Å². The maximum atomic E-state index is 12.3. The second-order valence-corrected chi connectivity index (χ2v) is 4.95. The van der Waals surface area contributed by atoms with Crippen molar-refractivity contribution in [1.82, 2.24) is 5.32 Å². The molecule has 18 heavy (non-hydrogen) atoms. The van der Waals surface area contributed by atoms with Crippen molar-refractivity contribution in [1.29, 1.82) is 0 Å². The molecule has 1 amide bonds. The number of anilines is 1. The first kappa shape index (κ1) is 13.1. The first-order chi connectivity index (χ1) is 8.54. The van der Waals surface area contributed by atoms with Crippen molar-refractivity contribution in [2.75, 3.05) is 4.90 Å². The number of thiocarbonyl (C=S) groups is 1. The van der Waals surface area contributed by atoms with E-state index in [1.807, 2.05) is 13.0 Å². The monoisotopic (exact) mass is 280 g/mol. The quantitative estimate of drug-likeness (QED) is 0.683. The number of carbonyl (C=O) groups is 1. The Morgan fingerprint density at radius 3 is 3.00 bits per heavy atom. The molecule has 0 aromatic heterocycles. The molecule has 1 N–H and O–H groups in total. The van der Waals surface area contributed by atoms with Gasteiger partial charge < -0.3 is 5.32 Å². The van der Waals surface area contributed by atoms with E-state index in [2.05, 4.69) is 11.9 Å². The Labute approximate surface area is 116 Å². The zero-order valence-electron chi connectivity index (χ0n) is 9.94. The van der Waals surface area contributed by atoms with Crippen LogP contribution in [-0.4, -0.2) is 17.1 Å². The average molecular weight is 281 g/mol. The van der Waals surface area contributed by atoms with Crippen molar-refractivity contribution >= 4 is 40.5 Å². The van der Waals surface area contributed by atoms with Gasteiger partial charge in [-0.25, -0.2) is 0 Å². The van der Waals surface area contributed by atoms with E-state index in [1.165, 1.54) is 4.90 Å². The van der Waals surface area contributed by atoms with Crippen molar-refractivity contribution in [3.63, 3.8) is 0 Å². The summed E-state index contributed by atoms with van der Waals surface area (Å²) in [6.45, 7) is 5.56. The normalized spacial score (nSPS) is 19.0. The van der Waals surface area contributed by atoms with Gasteiger partial charge in [-0.15, -0.1) is 6.58 Å². The first-order valence-corrected chi connectivity index (χ1v) is 6.34. The molecule has 0 bridgehead atoms. The van der Waals surface area contributed by atoms with E-state index in [4.69, 9.17) is 23.8 Å². The molecule has 0 radical (unpaired) electrons. The zero-order valence-corrected chi connectivity index (χ0v) is 11.5. The summed E-state index contributed by atoms with van der Waals surface area (Å²) in [6.07, 6.45) is 2.25. The van der Waals surface area contributed by atoms with Gasteiger partial charge in [-0.2, -0.15) is 0 Å². The molecule has 1 aromatic rings. The molecule has 1 heterocycles. The van der Waals surface area contributed by atoms with Gasteiger partial charge in [0.25, 0.3) is 5.91 Å². The van der Waals surface area contributed by atoms with Gasteiger partial charge in [-0.3, -0.25) is 9.69 Å². The van der Waals surface area contributed by atoms with Crippen LogP contribution in [0, 0.1) is 6.92 Å². The molecule has 5 heteroatoms. The molecule has 0 spiro atoms. The fraction of sp³-hybridized carbons (Fsp3) is 0.231. The third-order valence-corrected chi connectivity index (χ3v) is 3.37. The predicted molar refractivity (Wildman–Crippen MR) is 78.0 cm³/mol. The molecule has 94 valence electrons. The van der Waals surface area contributed by atoms with Crippen LogP contribution in [-0.2, 0) is 4.79 Å². The maximum Gasteiger partial charge on any atom is 0.256 e. The van der Waals surface area contributed by atoms with Crippen LogP contribution in [0.25, 0.3) is 0 Å². The van der Waals surface area contributed by atoms with E-state index >= 15 is 0 Å². The lowest BCUT2D eigenvalue weighted by Crippen LogP contribution is -2.31. The van der Waals surface area contributed by atoms with Gasteiger partial charge in [0.2, 0.25) is 0 Å². The predicted octanol–water partition coefficient (Wildman–Crippen LogP) is 2.81. The van der Waals surface area contributed by atoms with Crippen molar-refractivity contribution < 1.29 is 4.79 Å². The van der Waals surface area contributed by atoms with E-state index in [9.17, 15) is 4.79 Å². The lowest BCUT2D eigenvalue weighted by molar-refractivity contribution is -0.118. The number of nitrogens with one attached hydrogen (secondary N) is 1. The SMILES string of the molecule is C=CCC1NC(=S)N(c2cc(Cl)ccc2C)C1=O. The van der Waals surface area contributed by atoms with Gasteiger partial charge in [-0.1, -0.05) is 23.7 Å². The summed E-state index contributed by atoms with van der Waals surface area (Å²) in [4.78, 5) is 13.8. The number of halogens is 1. The maximum absolute atomic E-state index is 12.3. The molecule has 1 aromatic carbocycles. The average Bonchev–Trinajstić information content (AvgIpc) is 2.59. The lowest BCUT2D eigenvalue weighted by atomic mass is 10.1. The van der Waals surface area contributed by atoms with Gasteiger partial charge in [0.05, 0.1) is 5.69 Å². The van der Waals surface area contributed by atoms with Crippen molar-refractivity contribution in [3.8, 4) is 0 Å². The summed E-state index contributed by atoms with van der Waals surface area (Å²) in [5.41, 5.74) is 1.69. The lowest BCUT2D eigenvalue weighted by Gasteiger charge is -2.17. The Kier molecular flexibility index (Phi) is 3.68. The van der Waals surface area contributed by atoms with Crippen molar-refractivity contribution in [2.24, 2.45) is 0 Å². The Morgan fingerprint density at radius 1 is 1.61 bits per heavy atom. The molecule has 0 aliphatic carbocycles. The zero-order chi connectivity index (χ0) is 13.3. The van der Waals surface area contributed by atoms with Gasteiger partial charge in [0.15, 0.2) is 5.11 Å². The highest BCUT2D eigenvalue weighted by Gasteiger charge is 2.36. The minimum Gasteiger partial charge on any atom is -0.350 e. The van der Waals surface area contributed by atoms with Gasteiger partial charge in [0, 0.05) is 5.02 Å². The largest absolute Gasteiger partial charge is 0.350 e. The first-order valence-electron chi connectivity index (χ1n) is 5.56. The van der Waals surface area contributed by atoms with E-state index in [0.29, 0.717) is 16.6 Å². The Bertz CT molecular complexity index is 530. The van der Waals surface area contributed by atoms with E-state index in [-0.39, 0.29) is 11.9 Å². The molecule has 3 nitrogen and oxygen atoms in total. The van der Waals surface area contributed by atoms with Gasteiger partial charge >= 0.3 is 0 Å². The smallest absolute Gasteiger partial charge is 0.256 e. The molecule has 1 atom stereocenters. The van der Waals surface area contributed by atoms with Crippen LogP contribution >= 0.6 is 23.8 Å². The number of hydrogen-bond acceptors (Lipinski definition) is 2. The summed E-state index contributed by atoms with van der Waals surface area (Å²) in [7, 11) is 0. The second-order valence-electron chi connectivity index (χ2n) is 4.13. The molecular formula is C13H13ClN2OS. The molecule has 1 aliphatic rings. The van der Waals surface area contributed by atoms with Crippen LogP contribution in [0.1, 0.15) is 12.0 Å². The summed E-state index contributed by atoms with van der Waals surface area (Å²) < 4.78 is 0. The van der Waals surface area contributed by atoms with Gasteiger partial charge in [0.1, 0.15) is 6.04 Å². The summed E-state index contributed by atoms with van der Waals surface area (Å²) in [5.74, 6) is -0.0646. The summed E-state index contributed by atoms with van der Waals surface area (Å²) in [6, 6.07) is 5.08. The minimum absolute atomic E-state index is 0.0646. The summed E-state index contributed by atoms with van der Waals surface area (Å²) >= 11 is 11.2. The number of nitrogens with zero attached hydrogens (tertiary/aromatic N) is 1. The number of aryl methyl sites for hydroxylation is 1. The van der Waals surface area contributed by atoms with Crippen molar-refractivity contribution in [3.05, 3.63) is 41.4 Å². The third kappa shape index (κ3) is 2.26. The second kappa shape index (κ2) is 5.08. The van der Waals surface area contributed by atoms with E-state index in [1.54, 1.807) is 18.2 Å². The highest BCUT2D eigenvalue weighted by molar-refractivity contribution is 7.80. The number of benzene rings is 1. The molecular weight excluding hydrogens is 268 g/mol. The Balaban J connectivity index is 2.38. The topological polar surface area (TPSA) is 32.3 Å². The van der Waals surface area contributed by atoms with Crippen LogP contribution in [0.2, 0.25) is 5.02 Å². The number of amides is 1. The molecule has 1 aliphatic heterocycles. The fourth-order valence-corrected chi connectivity index (χ4v) is 2.41. The molecule has 2 rings (SSSR count). The van der Waals surface area contributed by atoms with Crippen LogP contribution in [0.15, 0.2) is 30.9 Å². The minimum atomic E-state index is -0.326. The highest BCUT2D eigenvalue weighted by atomic mass is 35.5. The van der Waals surface area contributed by atoms with Crippen molar-refractivity contribution in [2.45, 2.75) is 19.4 Å². The number of rotatable bonds is 3. The van der Waals surface area contributed by atoms with Crippen LogP contribution in [0.4, 0.5) is 5.69 Å². The molecule has 1 fully saturated rings. The van der Waals surface area contributed by atoms with E-state index in [0.717, 1.165) is 11.3 Å². The Morgan fingerprint density at radius 2 is 2.33 bits per heavy atom. The fourth-order valence-electron chi connectivity index (χ4n) is 1.91. The van der Waals surface area contributed by atoms with Crippen LogP contribution < -0.4 is 10.2 Å². The third-order valence-electron chi connectivity index (χ3n) is 2.83. The Hall–Kier alpha value is -1.39. The standard InChI is InChI=1S/C13H13ClN2OS/c1-3-4-10-12(17)16(13(18)15-10)11-7-9(14)6-5-8(11)2/h3,5-7,10H,1,4H2,2H3,(H,15,18). The molecule has 0 saturated carbocycles. The van der Waals surface area contributed by atoms with E-state index < -0.39 is 0 Å². The number of hydrogen-bond donors (Lipinski definition) is 1. The summed E-state index contributed by atoms with van der Waals surface area (Å²) in [5, 5.41) is 3.99. The molecule has 1 unspecified atom stereocenters. The highest BCUT2D eigenvalue weighted by Crippen LogP contribution is 2.27.